The Morgan fingerprint density at radius 3 is 3.12 bits per heavy atom. The van der Waals surface area contributed by atoms with Crippen LogP contribution in [0, 0.1) is 0 Å². The van der Waals surface area contributed by atoms with E-state index >= 15 is 0 Å². The second kappa shape index (κ2) is 6.12. The summed E-state index contributed by atoms with van der Waals surface area (Å²) in [5.74, 6) is 2.42. The van der Waals surface area contributed by atoms with Gasteiger partial charge >= 0.3 is 0 Å². The zero-order valence-corrected chi connectivity index (χ0v) is 13.3. The first-order valence-electron chi connectivity index (χ1n) is 7.93. The van der Waals surface area contributed by atoms with Crippen molar-refractivity contribution < 1.29 is 18.8 Å². The Bertz CT molecular complexity index is 760. The van der Waals surface area contributed by atoms with Crippen molar-refractivity contribution >= 4 is 5.91 Å². The molecule has 3 heterocycles. The second-order valence-corrected chi connectivity index (χ2v) is 5.82. The van der Waals surface area contributed by atoms with Crippen molar-refractivity contribution in [3.8, 4) is 22.9 Å². The minimum absolute atomic E-state index is 0.0306. The van der Waals surface area contributed by atoms with Crippen LogP contribution in [0.1, 0.15) is 18.7 Å². The van der Waals surface area contributed by atoms with Crippen LogP contribution in [0.15, 0.2) is 22.7 Å². The summed E-state index contributed by atoms with van der Waals surface area (Å²) in [6.07, 6.45) is 1.84. The van der Waals surface area contributed by atoms with Gasteiger partial charge in [-0.3, -0.25) is 9.69 Å². The van der Waals surface area contributed by atoms with Crippen molar-refractivity contribution in [1.82, 2.24) is 20.4 Å². The average molecular weight is 330 g/mol. The predicted molar refractivity (Wildman–Crippen MR) is 83.4 cm³/mol. The van der Waals surface area contributed by atoms with E-state index in [1.807, 2.05) is 18.2 Å². The quantitative estimate of drug-likeness (QED) is 0.900. The van der Waals surface area contributed by atoms with Gasteiger partial charge in [0, 0.05) is 12.6 Å². The van der Waals surface area contributed by atoms with Crippen LogP contribution in [0.25, 0.3) is 11.4 Å². The van der Waals surface area contributed by atoms with Crippen LogP contribution < -0.4 is 14.8 Å². The van der Waals surface area contributed by atoms with E-state index in [4.69, 9.17) is 14.0 Å². The highest BCUT2D eigenvalue weighted by molar-refractivity contribution is 5.81. The SMILES string of the molecule is CNC(=O)[C@@H]1CCCN1Cc1nc(-c2ccc3c(c2)OCO3)no1. The van der Waals surface area contributed by atoms with E-state index in [0.717, 1.165) is 24.9 Å². The minimum atomic E-state index is -0.129. The molecule has 24 heavy (non-hydrogen) atoms. The van der Waals surface area contributed by atoms with Crippen molar-refractivity contribution in [3.05, 3.63) is 24.1 Å². The number of nitrogens with one attached hydrogen (secondary N) is 1. The summed E-state index contributed by atoms with van der Waals surface area (Å²) in [5, 5.41) is 6.74. The van der Waals surface area contributed by atoms with Crippen molar-refractivity contribution in [2.45, 2.75) is 25.4 Å². The summed E-state index contributed by atoms with van der Waals surface area (Å²) in [7, 11) is 1.66. The summed E-state index contributed by atoms with van der Waals surface area (Å²) in [6.45, 7) is 1.54. The molecule has 2 aliphatic heterocycles. The van der Waals surface area contributed by atoms with Crippen LogP contribution >= 0.6 is 0 Å². The van der Waals surface area contributed by atoms with E-state index in [1.54, 1.807) is 7.05 Å². The number of likely N-dealkylation sites (N-methyl/N-ethyl adjacent to an activating group) is 1. The molecule has 1 saturated heterocycles. The highest BCUT2D eigenvalue weighted by atomic mass is 16.7. The van der Waals surface area contributed by atoms with E-state index in [0.29, 0.717) is 29.8 Å². The van der Waals surface area contributed by atoms with Gasteiger partial charge in [-0.25, -0.2) is 0 Å². The summed E-state index contributed by atoms with van der Waals surface area (Å²) in [6, 6.07) is 5.40. The Hall–Kier alpha value is -2.61. The number of likely N-dealkylation sites (tertiary alicyclic amines) is 1. The van der Waals surface area contributed by atoms with Crippen LogP contribution in [-0.2, 0) is 11.3 Å². The molecule has 1 aromatic carbocycles. The summed E-state index contributed by atoms with van der Waals surface area (Å²) >= 11 is 0. The van der Waals surface area contributed by atoms with E-state index in [9.17, 15) is 4.79 Å². The van der Waals surface area contributed by atoms with Gasteiger partial charge in [0.2, 0.25) is 24.4 Å². The molecule has 1 aromatic heterocycles. The molecule has 4 rings (SSSR count). The van der Waals surface area contributed by atoms with Gasteiger partial charge < -0.3 is 19.3 Å². The molecule has 2 aliphatic rings. The molecule has 0 saturated carbocycles. The van der Waals surface area contributed by atoms with Gasteiger partial charge in [0.05, 0.1) is 12.6 Å². The molecule has 8 nitrogen and oxygen atoms in total. The molecule has 126 valence electrons. The monoisotopic (exact) mass is 330 g/mol. The lowest BCUT2D eigenvalue weighted by Crippen LogP contribution is -2.41. The lowest BCUT2D eigenvalue weighted by Gasteiger charge is -2.20. The molecule has 0 aliphatic carbocycles. The lowest BCUT2D eigenvalue weighted by atomic mass is 10.2. The third-order valence-electron chi connectivity index (χ3n) is 4.35. The third kappa shape index (κ3) is 2.69. The highest BCUT2D eigenvalue weighted by Gasteiger charge is 2.31. The molecule has 0 unspecified atom stereocenters. The van der Waals surface area contributed by atoms with Crippen LogP contribution in [-0.4, -0.2) is 47.4 Å². The summed E-state index contributed by atoms with van der Waals surface area (Å²) in [4.78, 5) is 18.4. The Morgan fingerprint density at radius 2 is 2.25 bits per heavy atom. The Balaban J connectivity index is 1.50. The second-order valence-electron chi connectivity index (χ2n) is 5.82. The van der Waals surface area contributed by atoms with E-state index in [2.05, 4.69) is 20.4 Å². The molecule has 0 radical (unpaired) electrons. The largest absolute Gasteiger partial charge is 0.454 e. The fourth-order valence-electron chi connectivity index (χ4n) is 3.12. The van der Waals surface area contributed by atoms with Crippen molar-refractivity contribution in [2.75, 3.05) is 20.4 Å². The first kappa shape index (κ1) is 14.9. The molecule has 0 spiro atoms. The fourth-order valence-corrected chi connectivity index (χ4v) is 3.12. The van der Waals surface area contributed by atoms with Crippen molar-refractivity contribution in [2.24, 2.45) is 0 Å². The van der Waals surface area contributed by atoms with E-state index in [1.165, 1.54) is 0 Å². The molecular formula is C16H18N4O4. The number of ether oxygens (including phenoxy) is 2. The molecule has 1 atom stereocenters. The fraction of sp³-hybridized carbons (Fsp3) is 0.438. The smallest absolute Gasteiger partial charge is 0.241 e. The molecule has 1 fully saturated rings. The maximum absolute atomic E-state index is 11.9. The number of carbonyl (C=O) groups is 1. The van der Waals surface area contributed by atoms with Crippen LogP contribution in [0.5, 0.6) is 11.5 Å². The maximum atomic E-state index is 11.9. The lowest BCUT2D eigenvalue weighted by molar-refractivity contribution is -0.125. The topological polar surface area (TPSA) is 89.7 Å². The van der Waals surface area contributed by atoms with Crippen LogP contribution in [0.2, 0.25) is 0 Å². The molecule has 8 heteroatoms. The van der Waals surface area contributed by atoms with Gasteiger partial charge in [0.25, 0.3) is 0 Å². The molecule has 0 bridgehead atoms. The Labute approximate surface area is 138 Å². The van der Waals surface area contributed by atoms with Crippen LogP contribution in [0.4, 0.5) is 0 Å². The van der Waals surface area contributed by atoms with E-state index < -0.39 is 0 Å². The molecule has 2 aromatic rings. The number of amides is 1. The number of nitrogens with zero attached hydrogens (tertiary/aromatic N) is 3. The number of carbonyl (C=O) groups excluding carboxylic acids is 1. The predicted octanol–water partition coefficient (Wildman–Crippen LogP) is 1.18. The van der Waals surface area contributed by atoms with Crippen molar-refractivity contribution in [1.29, 1.82) is 0 Å². The number of rotatable bonds is 4. The Morgan fingerprint density at radius 1 is 1.38 bits per heavy atom. The number of aromatic nitrogens is 2. The van der Waals surface area contributed by atoms with Gasteiger partial charge in [-0.1, -0.05) is 5.16 Å². The number of benzene rings is 1. The van der Waals surface area contributed by atoms with Gasteiger partial charge in [-0.05, 0) is 37.6 Å². The van der Waals surface area contributed by atoms with Gasteiger partial charge in [-0.15, -0.1) is 0 Å². The first-order chi connectivity index (χ1) is 11.7. The molecular weight excluding hydrogens is 312 g/mol. The standard InChI is InChI=1S/C16H18N4O4/c1-17-16(21)11-3-2-6-20(11)8-14-18-15(19-24-14)10-4-5-12-13(7-10)23-9-22-12/h4-5,7,11H,2-3,6,8-9H2,1H3,(H,17,21)/t11-/m0/s1. The van der Waals surface area contributed by atoms with Crippen molar-refractivity contribution in [3.63, 3.8) is 0 Å². The number of fused-ring (bicyclic) bond motifs is 1. The summed E-state index contributed by atoms with van der Waals surface area (Å²) < 4.78 is 16.0. The highest BCUT2D eigenvalue weighted by Crippen LogP contribution is 2.35. The number of hydrogen-bond donors (Lipinski definition) is 1. The third-order valence-corrected chi connectivity index (χ3v) is 4.35. The maximum Gasteiger partial charge on any atom is 0.241 e. The molecule has 1 amide bonds. The zero-order chi connectivity index (χ0) is 16.5. The average Bonchev–Trinajstić information content (AvgIpc) is 3.34. The van der Waals surface area contributed by atoms with Crippen LogP contribution in [0.3, 0.4) is 0 Å². The van der Waals surface area contributed by atoms with E-state index in [-0.39, 0.29) is 18.7 Å². The zero-order valence-electron chi connectivity index (χ0n) is 13.3. The molecule has 1 N–H and O–H groups in total. The minimum Gasteiger partial charge on any atom is -0.454 e. The Kier molecular flexibility index (Phi) is 3.81. The van der Waals surface area contributed by atoms with Gasteiger partial charge in [0.1, 0.15) is 0 Å². The van der Waals surface area contributed by atoms with Gasteiger partial charge in [0.15, 0.2) is 11.5 Å². The van der Waals surface area contributed by atoms with Gasteiger partial charge in [-0.2, -0.15) is 4.98 Å². The normalized spacial score (nSPS) is 19.6. The summed E-state index contributed by atoms with van der Waals surface area (Å²) in [5.41, 5.74) is 0.804. The number of hydrogen-bond acceptors (Lipinski definition) is 7. The first-order valence-corrected chi connectivity index (χ1v) is 7.93.